The van der Waals surface area contributed by atoms with E-state index in [9.17, 15) is 8.42 Å². The third-order valence-electron chi connectivity index (χ3n) is 3.37. The highest BCUT2D eigenvalue weighted by molar-refractivity contribution is 7.93. The average Bonchev–Trinajstić information content (AvgIpc) is 3.12. The Morgan fingerprint density at radius 1 is 0.923 bits per heavy atom. The second-order valence-corrected chi connectivity index (χ2v) is 7.34. The van der Waals surface area contributed by atoms with Crippen LogP contribution in [-0.2, 0) is 10.0 Å². The van der Waals surface area contributed by atoms with Crippen LogP contribution in [-0.4, -0.2) is 27.1 Å². The third kappa shape index (κ3) is 3.32. The molecule has 1 N–H and O–H groups in total. The molecule has 2 heterocycles. The molecule has 0 unspecified atom stereocenters. The van der Waals surface area contributed by atoms with E-state index in [1.807, 2.05) is 18.2 Å². The van der Waals surface area contributed by atoms with Crippen LogP contribution in [0.15, 0.2) is 65.8 Å². The van der Waals surface area contributed by atoms with Crippen LogP contribution in [0.2, 0.25) is 0 Å². The molecule has 0 radical (unpaired) electrons. The zero-order valence-corrected chi connectivity index (χ0v) is 14.7. The first-order valence-corrected chi connectivity index (χ1v) is 9.62. The first kappa shape index (κ1) is 16.4. The van der Waals surface area contributed by atoms with Crippen LogP contribution in [0.1, 0.15) is 0 Å². The maximum absolute atomic E-state index is 12.6. The van der Waals surface area contributed by atoms with Gasteiger partial charge in [0.05, 0.1) is 29.8 Å². The SMILES string of the molecule is O=S(=O)(Nc1cnc(Oc2ccccc2)nc1)c1cccc2nsnc12. The fourth-order valence-corrected chi connectivity index (χ4v) is 4.02. The number of nitrogens with zero attached hydrogens (tertiary/aromatic N) is 4. The zero-order valence-electron chi connectivity index (χ0n) is 13.1. The van der Waals surface area contributed by atoms with Gasteiger partial charge in [0.25, 0.3) is 10.0 Å². The molecule has 0 atom stereocenters. The van der Waals surface area contributed by atoms with Crippen molar-refractivity contribution in [3.05, 3.63) is 60.9 Å². The van der Waals surface area contributed by atoms with E-state index in [4.69, 9.17) is 4.74 Å². The first-order valence-electron chi connectivity index (χ1n) is 7.41. The lowest BCUT2D eigenvalue weighted by Gasteiger charge is -2.08. The van der Waals surface area contributed by atoms with Crippen LogP contribution in [0.5, 0.6) is 11.8 Å². The zero-order chi connectivity index (χ0) is 18.0. The summed E-state index contributed by atoms with van der Waals surface area (Å²) in [7, 11) is -3.85. The fraction of sp³-hybridized carbons (Fsp3) is 0. The van der Waals surface area contributed by atoms with Crippen molar-refractivity contribution in [2.45, 2.75) is 4.90 Å². The van der Waals surface area contributed by atoms with E-state index in [1.165, 1.54) is 18.5 Å². The minimum Gasteiger partial charge on any atom is -0.424 e. The molecule has 0 spiro atoms. The number of para-hydroxylation sites is 1. The molecular weight excluding hydrogens is 374 g/mol. The maximum Gasteiger partial charge on any atom is 0.322 e. The summed E-state index contributed by atoms with van der Waals surface area (Å²) >= 11 is 0.959. The monoisotopic (exact) mass is 385 g/mol. The molecule has 4 aromatic rings. The van der Waals surface area contributed by atoms with E-state index < -0.39 is 10.0 Å². The highest BCUT2D eigenvalue weighted by Crippen LogP contribution is 2.24. The second-order valence-electron chi connectivity index (χ2n) is 5.16. The lowest BCUT2D eigenvalue weighted by molar-refractivity contribution is 0.442. The number of rotatable bonds is 5. The van der Waals surface area contributed by atoms with Gasteiger partial charge in [-0.1, -0.05) is 24.3 Å². The predicted molar refractivity (Wildman–Crippen MR) is 96.8 cm³/mol. The Bertz CT molecular complexity index is 1150. The molecule has 0 bridgehead atoms. The molecule has 26 heavy (non-hydrogen) atoms. The van der Waals surface area contributed by atoms with Crippen molar-refractivity contribution in [3.63, 3.8) is 0 Å². The van der Waals surface area contributed by atoms with Crippen LogP contribution >= 0.6 is 11.7 Å². The van der Waals surface area contributed by atoms with Gasteiger partial charge in [0.2, 0.25) is 0 Å². The van der Waals surface area contributed by atoms with Gasteiger partial charge in [-0.15, -0.1) is 0 Å². The lowest BCUT2D eigenvalue weighted by atomic mass is 10.3. The van der Waals surface area contributed by atoms with Gasteiger partial charge in [-0.2, -0.15) is 8.75 Å². The summed E-state index contributed by atoms with van der Waals surface area (Å²) in [6, 6.07) is 14.0. The topological polar surface area (TPSA) is 107 Å². The van der Waals surface area contributed by atoms with Crippen molar-refractivity contribution in [1.82, 2.24) is 18.7 Å². The number of aromatic nitrogens is 4. The molecule has 2 aromatic carbocycles. The van der Waals surface area contributed by atoms with Gasteiger partial charge in [-0.25, -0.2) is 18.4 Å². The first-order chi connectivity index (χ1) is 12.6. The molecule has 10 heteroatoms. The maximum atomic E-state index is 12.6. The van der Waals surface area contributed by atoms with Crippen molar-refractivity contribution in [2.24, 2.45) is 0 Å². The van der Waals surface area contributed by atoms with Crippen LogP contribution in [0, 0.1) is 0 Å². The largest absolute Gasteiger partial charge is 0.424 e. The minimum absolute atomic E-state index is 0.0494. The number of nitrogens with one attached hydrogen (secondary N) is 1. The molecule has 0 saturated heterocycles. The number of ether oxygens (including phenoxy) is 1. The second kappa shape index (κ2) is 6.65. The molecule has 0 fully saturated rings. The van der Waals surface area contributed by atoms with Crippen molar-refractivity contribution in [1.29, 1.82) is 0 Å². The van der Waals surface area contributed by atoms with E-state index in [-0.39, 0.29) is 16.6 Å². The molecule has 0 saturated carbocycles. The summed E-state index contributed by atoms with van der Waals surface area (Å²) in [5.41, 5.74) is 1.07. The summed E-state index contributed by atoms with van der Waals surface area (Å²) in [5, 5.41) is 0. The van der Waals surface area contributed by atoms with Crippen molar-refractivity contribution in [2.75, 3.05) is 4.72 Å². The third-order valence-corrected chi connectivity index (χ3v) is 5.33. The van der Waals surface area contributed by atoms with Crippen LogP contribution in [0.4, 0.5) is 5.69 Å². The standard InChI is InChI=1S/C16H11N5O3S2/c22-26(23,14-8-4-7-13-15(14)20-25-19-13)21-11-9-17-16(18-10-11)24-12-5-2-1-3-6-12/h1-10,21H. The van der Waals surface area contributed by atoms with E-state index in [0.717, 1.165) is 11.7 Å². The molecule has 8 nitrogen and oxygen atoms in total. The quantitative estimate of drug-likeness (QED) is 0.562. The molecule has 0 aliphatic rings. The molecule has 130 valence electrons. The molecule has 2 aromatic heterocycles. The highest BCUT2D eigenvalue weighted by atomic mass is 32.2. The normalized spacial score (nSPS) is 11.4. The Morgan fingerprint density at radius 3 is 2.46 bits per heavy atom. The summed E-state index contributed by atoms with van der Waals surface area (Å²) in [4.78, 5) is 8.09. The number of hydrogen-bond donors (Lipinski definition) is 1. The molecular formula is C16H11N5O3S2. The van der Waals surface area contributed by atoms with Crippen molar-refractivity contribution >= 4 is 38.5 Å². The molecule has 4 rings (SSSR count). The van der Waals surface area contributed by atoms with Crippen molar-refractivity contribution in [3.8, 4) is 11.8 Å². The summed E-state index contributed by atoms with van der Waals surface area (Å²) in [6.07, 6.45) is 2.67. The van der Waals surface area contributed by atoms with Crippen LogP contribution < -0.4 is 9.46 Å². The molecule has 0 amide bonds. The van der Waals surface area contributed by atoms with E-state index in [2.05, 4.69) is 23.4 Å². The Labute approximate surface area is 152 Å². The van der Waals surface area contributed by atoms with Gasteiger partial charge < -0.3 is 4.74 Å². The van der Waals surface area contributed by atoms with Crippen LogP contribution in [0.3, 0.4) is 0 Å². The Hall–Kier alpha value is -3.11. The number of anilines is 1. The predicted octanol–water partition coefficient (Wildman–Crippen LogP) is 3.07. The molecule has 0 aliphatic heterocycles. The smallest absolute Gasteiger partial charge is 0.322 e. The average molecular weight is 385 g/mol. The van der Waals surface area contributed by atoms with E-state index >= 15 is 0 Å². The van der Waals surface area contributed by atoms with Gasteiger partial charge in [-0.05, 0) is 24.3 Å². The number of benzene rings is 2. The Balaban J connectivity index is 1.56. The fourth-order valence-electron chi connectivity index (χ4n) is 2.22. The highest BCUT2D eigenvalue weighted by Gasteiger charge is 2.20. The van der Waals surface area contributed by atoms with E-state index in [0.29, 0.717) is 16.8 Å². The number of fused-ring (bicyclic) bond motifs is 1. The number of hydrogen-bond acceptors (Lipinski definition) is 8. The summed E-state index contributed by atoms with van der Waals surface area (Å²) < 4.78 is 41.3. The molecule has 0 aliphatic carbocycles. The van der Waals surface area contributed by atoms with Gasteiger partial charge >= 0.3 is 6.01 Å². The van der Waals surface area contributed by atoms with Gasteiger partial charge in [-0.3, -0.25) is 4.72 Å². The Kier molecular flexibility index (Phi) is 4.19. The van der Waals surface area contributed by atoms with E-state index in [1.54, 1.807) is 24.3 Å². The summed E-state index contributed by atoms with van der Waals surface area (Å²) in [6.45, 7) is 0. The van der Waals surface area contributed by atoms with Gasteiger partial charge in [0.15, 0.2) is 0 Å². The minimum atomic E-state index is -3.85. The summed E-state index contributed by atoms with van der Waals surface area (Å²) in [5.74, 6) is 0.587. The van der Waals surface area contributed by atoms with Crippen LogP contribution in [0.25, 0.3) is 11.0 Å². The van der Waals surface area contributed by atoms with Gasteiger partial charge in [0, 0.05) is 0 Å². The lowest BCUT2D eigenvalue weighted by Crippen LogP contribution is -2.14. The van der Waals surface area contributed by atoms with Crippen molar-refractivity contribution < 1.29 is 13.2 Å². The number of sulfonamides is 1. The Morgan fingerprint density at radius 2 is 1.69 bits per heavy atom. The van der Waals surface area contributed by atoms with Gasteiger partial charge in [0.1, 0.15) is 21.7 Å².